The van der Waals surface area contributed by atoms with Crippen LogP contribution in [-0.4, -0.2) is 34.7 Å². The zero-order valence-electron chi connectivity index (χ0n) is 15.2. The summed E-state index contributed by atoms with van der Waals surface area (Å²) in [5.74, 6) is 0.989. The number of carbonyl (C=O) groups excluding carboxylic acids is 1. The predicted molar refractivity (Wildman–Crippen MR) is 109 cm³/mol. The molecule has 0 spiro atoms. The van der Waals surface area contributed by atoms with E-state index in [-0.39, 0.29) is 31.6 Å². The smallest absolute Gasteiger partial charge is 0.316 e. The third-order valence-electron chi connectivity index (χ3n) is 3.75. The van der Waals surface area contributed by atoms with Crippen molar-refractivity contribution in [2.75, 3.05) is 13.2 Å². The van der Waals surface area contributed by atoms with Gasteiger partial charge in [-0.25, -0.2) is 0 Å². The summed E-state index contributed by atoms with van der Waals surface area (Å²) in [6, 6.07) is 16.0. The molecule has 1 aliphatic rings. The van der Waals surface area contributed by atoms with Gasteiger partial charge in [0.25, 0.3) is 0 Å². The number of ketones is 1. The zero-order chi connectivity index (χ0) is 18.5. The molecule has 0 unspecified atom stereocenters. The van der Waals surface area contributed by atoms with Gasteiger partial charge in [-0.2, -0.15) is 11.3 Å². The van der Waals surface area contributed by atoms with Gasteiger partial charge in [0.05, 0.1) is 25.4 Å². The molecule has 143 valence electrons. The van der Waals surface area contributed by atoms with Gasteiger partial charge in [-0.05, 0) is 29.5 Å². The van der Waals surface area contributed by atoms with Crippen molar-refractivity contribution >= 4 is 43.2 Å². The molecule has 0 saturated carbocycles. The molecular weight excluding hydrogens is 539 g/mol. The van der Waals surface area contributed by atoms with Crippen LogP contribution in [0.25, 0.3) is 20.2 Å². The predicted octanol–water partition coefficient (Wildman–Crippen LogP) is 5.03. The van der Waals surface area contributed by atoms with Gasteiger partial charge in [-0.15, -0.1) is 18.2 Å². The fourth-order valence-electron chi connectivity index (χ4n) is 2.72. The molecule has 1 aromatic heterocycles. The summed E-state index contributed by atoms with van der Waals surface area (Å²) in [6.07, 6.45) is 2.28. The van der Waals surface area contributed by atoms with E-state index in [4.69, 9.17) is 14.6 Å². The van der Waals surface area contributed by atoms with Gasteiger partial charge < -0.3 is 9.84 Å². The van der Waals surface area contributed by atoms with Crippen molar-refractivity contribution in [1.82, 2.24) is 0 Å². The number of aliphatic hydroxyl groups is 1. The summed E-state index contributed by atoms with van der Waals surface area (Å²) in [5, 5.41) is 11.0. The Kier molecular flexibility index (Phi) is 7.72. The largest absolute Gasteiger partial charge is 0.520 e. The summed E-state index contributed by atoms with van der Waals surface area (Å²) in [4.78, 5) is 12.8. The Morgan fingerprint density at radius 2 is 2.04 bits per heavy atom. The summed E-state index contributed by atoms with van der Waals surface area (Å²) >= 11 is 1.81. The Hall–Kier alpha value is -2.01. The fourth-order valence-corrected chi connectivity index (χ4v) is 3.79. The van der Waals surface area contributed by atoms with Crippen LogP contribution in [-0.2, 0) is 24.8 Å². The van der Waals surface area contributed by atoms with Crippen molar-refractivity contribution in [1.29, 1.82) is 0 Å². The topological polar surface area (TPSA) is 63.2 Å². The fraction of sp³-hybridized carbons (Fsp3) is 0.238. The third kappa shape index (κ3) is 5.48. The van der Waals surface area contributed by atoms with E-state index in [9.17, 15) is 0 Å². The van der Waals surface area contributed by atoms with Gasteiger partial charge in [0, 0.05) is 31.4 Å². The molecule has 0 atom stereocenters. The Morgan fingerprint density at radius 1 is 1.26 bits per heavy atom. The standard InChI is InChI=1S/C16H12NOS.C5H8O2.Ir/c1-2-5-14-12(4-1)13-10-11(6-7-15(13)19-14)16-17-8-3-9-18-16;1-4(6)3-5(2)7;/h1-2,4-5,7,10H,3,8-9H2;3,6H,1-2H3;/q-1;;/p+1/b;4-3-;. The molecule has 3 aromatic rings. The van der Waals surface area contributed by atoms with E-state index in [1.54, 1.807) is 11.3 Å². The minimum absolute atomic E-state index is 0. The monoisotopic (exact) mass is 560 g/mol. The van der Waals surface area contributed by atoms with E-state index < -0.39 is 0 Å². The quantitative estimate of drug-likeness (QED) is 0.207. The zero-order valence-corrected chi connectivity index (χ0v) is 18.4. The van der Waals surface area contributed by atoms with Crippen LogP contribution < -0.4 is 0 Å². The number of rotatable bonds is 2. The average molecular weight is 560 g/mol. The van der Waals surface area contributed by atoms with E-state index in [0.29, 0.717) is 0 Å². The summed E-state index contributed by atoms with van der Waals surface area (Å²) < 4.78 is 8.20. The van der Waals surface area contributed by atoms with Gasteiger partial charge in [0.15, 0.2) is 0 Å². The molecule has 6 heteroatoms. The molecule has 2 heterocycles. The van der Waals surface area contributed by atoms with E-state index in [1.807, 2.05) is 0 Å². The minimum atomic E-state index is 0. The first kappa shape index (κ1) is 21.3. The molecule has 2 aromatic carbocycles. The molecule has 0 amide bonds. The molecule has 1 aliphatic heterocycles. The van der Waals surface area contributed by atoms with Crippen LogP contribution in [0.1, 0.15) is 25.8 Å². The van der Waals surface area contributed by atoms with E-state index in [2.05, 4.69) is 47.5 Å². The second-order valence-electron chi connectivity index (χ2n) is 6.04. The first-order chi connectivity index (χ1) is 12.5. The van der Waals surface area contributed by atoms with Crippen molar-refractivity contribution < 1.29 is 34.7 Å². The van der Waals surface area contributed by atoms with Crippen molar-refractivity contribution in [3.8, 4) is 0 Å². The van der Waals surface area contributed by atoms with Crippen molar-refractivity contribution in [3.63, 3.8) is 0 Å². The second-order valence-corrected chi connectivity index (χ2v) is 7.12. The van der Waals surface area contributed by atoms with Gasteiger partial charge in [0.2, 0.25) is 0 Å². The maximum atomic E-state index is 8.40. The van der Waals surface area contributed by atoms with Gasteiger partial charge in [-0.3, -0.25) is 9.79 Å². The molecule has 0 fully saturated rings. The minimum Gasteiger partial charge on any atom is -0.520 e. The number of allylic oxidation sites excluding steroid dienone is 2. The van der Waals surface area contributed by atoms with E-state index >= 15 is 0 Å². The molecule has 0 saturated heterocycles. The number of nitrogens with zero attached hydrogens (tertiary/aromatic N) is 1. The number of ether oxygens (including phenoxy) is 1. The normalized spacial score (nSPS) is 13.9. The Morgan fingerprint density at radius 3 is 2.67 bits per heavy atom. The molecule has 2 N–H and O–H groups in total. The number of fused-ring (bicyclic) bond motifs is 3. The number of hydrogen-bond acceptors (Lipinski definition) is 4. The first-order valence-electron chi connectivity index (χ1n) is 8.45. The second kappa shape index (κ2) is 9.79. The van der Waals surface area contributed by atoms with E-state index in [1.165, 1.54) is 40.1 Å². The number of aliphatic imine (C=N–C) groups is 1. The molecule has 0 aliphatic carbocycles. The Labute approximate surface area is 175 Å². The Balaban J connectivity index is 0.000000285. The average Bonchev–Trinajstić information content (AvgIpc) is 3.00. The van der Waals surface area contributed by atoms with Gasteiger partial charge >= 0.3 is 5.78 Å². The van der Waals surface area contributed by atoms with Crippen LogP contribution >= 0.6 is 11.3 Å². The summed E-state index contributed by atoms with van der Waals surface area (Å²) in [5.41, 5.74) is 0.968. The maximum Gasteiger partial charge on any atom is 0.316 e. The van der Waals surface area contributed by atoms with E-state index in [0.717, 1.165) is 31.0 Å². The summed E-state index contributed by atoms with van der Waals surface area (Å²) in [6.45, 7) is 4.61. The number of thiophene rings is 1. The van der Waals surface area contributed by atoms with Crippen LogP contribution in [0, 0.1) is 6.07 Å². The number of hydrogen-bond donors (Lipinski definition) is 1. The molecule has 4 rings (SSSR count). The number of aliphatic hydroxyl groups excluding tert-OH is 1. The first-order valence-corrected chi connectivity index (χ1v) is 9.26. The van der Waals surface area contributed by atoms with Gasteiger partial charge in [-0.1, -0.05) is 29.1 Å². The van der Waals surface area contributed by atoms with Crippen LogP contribution in [0.2, 0.25) is 0 Å². The molecule has 1 radical (unpaired) electrons. The van der Waals surface area contributed by atoms with Crippen LogP contribution in [0.15, 0.2) is 53.2 Å². The van der Waals surface area contributed by atoms with Crippen molar-refractivity contribution in [3.05, 3.63) is 59.9 Å². The van der Waals surface area contributed by atoms with Crippen LogP contribution in [0.3, 0.4) is 0 Å². The van der Waals surface area contributed by atoms with Crippen molar-refractivity contribution in [2.24, 2.45) is 4.99 Å². The molecular formula is C21H21IrNO3S. The summed E-state index contributed by atoms with van der Waals surface area (Å²) in [7, 11) is 0. The Bertz CT molecular complexity index is 1000. The van der Waals surface area contributed by atoms with Crippen LogP contribution in [0.4, 0.5) is 0 Å². The third-order valence-corrected chi connectivity index (χ3v) is 4.89. The van der Waals surface area contributed by atoms with Crippen LogP contribution in [0.5, 0.6) is 0 Å². The maximum absolute atomic E-state index is 8.40. The molecule has 27 heavy (non-hydrogen) atoms. The molecule has 0 bridgehead atoms. The van der Waals surface area contributed by atoms with Gasteiger partial charge in [0.1, 0.15) is 5.90 Å². The SMILES string of the molecule is CC(=[OH+])/C=C(/C)O.[Ir].[c-]1cc2sc3ccccc3c2cc1C1=NCCCO1. The number of benzene rings is 2. The molecule has 4 nitrogen and oxygen atoms in total. The van der Waals surface area contributed by atoms with Crippen molar-refractivity contribution in [2.45, 2.75) is 20.3 Å².